The van der Waals surface area contributed by atoms with Crippen molar-refractivity contribution in [1.82, 2.24) is 9.80 Å². The van der Waals surface area contributed by atoms with E-state index in [9.17, 15) is 9.59 Å². The molecule has 1 fully saturated rings. The van der Waals surface area contributed by atoms with Crippen molar-refractivity contribution >= 4 is 33.8 Å². The Morgan fingerprint density at radius 2 is 1.57 bits per heavy atom. The van der Waals surface area contributed by atoms with Gasteiger partial charge in [-0.05, 0) is 54.5 Å². The summed E-state index contributed by atoms with van der Waals surface area (Å²) in [6.07, 6.45) is 4.18. The molecule has 0 aromatic heterocycles. The molecule has 0 aliphatic carbocycles. The van der Waals surface area contributed by atoms with Crippen LogP contribution in [0.2, 0.25) is 0 Å². The summed E-state index contributed by atoms with van der Waals surface area (Å²) < 4.78 is 6.14. The Bertz CT molecular complexity index is 847. The van der Waals surface area contributed by atoms with E-state index in [-0.39, 0.29) is 11.8 Å². The fourth-order valence-electron chi connectivity index (χ4n) is 3.10. The van der Waals surface area contributed by atoms with Crippen molar-refractivity contribution in [1.29, 1.82) is 0 Å². The van der Waals surface area contributed by atoms with E-state index in [0.717, 1.165) is 22.2 Å². The van der Waals surface area contributed by atoms with Gasteiger partial charge in [0, 0.05) is 42.3 Å². The molecule has 1 saturated heterocycles. The van der Waals surface area contributed by atoms with Crippen molar-refractivity contribution < 1.29 is 14.3 Å². The van der Waals surface area contributed by atoms with Gasteiger partial charge in [-0.1, -0.05) is 28.1 Å². The molecule has 0 spiro atoms. The number of halogens is 1. The van der Waals surface area contributed by atoms with Gasteiger partial charge in [0.1, 0.15) is 5.75 Å². The first-order chi connectivity index (χ1) is 13.6. The van der Waals surface area contributed by atoms with Crippen LogP contribution in [0.4, 0.5) is 0 Å². The number of hydrogen-bond donors (Lipinski definition) is 0. The van der Waals surface area contributed by atoms with Gasteiger partial charge in [-0.25, -0.2) is 0 Å². The fraction of sp³-hybridized carbons (Fsp3) is 0.273. The van der Waals surface area contributed by atoms with E-state index in [4.69, 9.17) is 4.74 Å². The third-order valence-electron chi connectivity index (χ3n) is 4.72. The molecular weight excluding hydrogens is 420 g/mol. The summed E-state index contributed by atoms with van der Waals surface area (Å²) in [6, 6.07) is 14.9. The van der Waals surface area contributed by atoms with E-state index >= 15 is 0 Å². The minimum atomic E-state index is -0.0262. The number of ether oxygens (including phenoxy) is 1. The van der Waals surface area contributed by atoms with Crippen molar-refractivity contribution in [3.63, 3.8) is 0 Å². The molecule has 6 heteroatoms. The Balaban J connectivity index is 1.58. The first-order valence-electron chi connectivity index (χ1n) is 9.23. The fourth-order valence-corrected chi connectivity index (χ4v) is 3.37. The highest BCUT2D eigenvalue weighted by atomic mass is 79.9. The SMILES string of the molecule is COc1ccc(C(=O)N2CCCN(C(=O)/C=C/c3ccc(Br)cc3)CC2)cc1. The monoisotopic (exact) mass is 442 g/mol. The van der Waals surface area contributed by atoms with Gasteiger partial charge < -0.3 is 14.5 Å². The van der Waals surface area contributed by atoms with Gasteiger partial charge in [-0.3, -0.25) is 9.59 Å². The third kappa shape index (κ3) is 5.23. The summed E-state index contributed by atoms with van der Waals surface area (Å²) in [6.45, 7) is 2.36. The summed E-state index contributed by atoms with van der Waals surface area (Å²) >= 11 is 3.40. The lowest BCUT2D eigenvalue weighted by atomic mass is 10.2. The summed E-state index contributed by atoms with van der Waals surface area (Å²) in [5.41, 5.74) is 1.61. The maximum absolute atomic E-state index is 12.7. The van der Waals surface area contributed by atoms with Gasteiger partial charge in [0.15, 0.2) is 0 Å². The number of carbonyl (C=O) groups excluding carboxylic acids is 2. The number of rotatable bonds is 4. The molecule has 0 saturated carbocycles. The van der Waals surface area contributed by atoms with Crippen LogP contribution in [0.25, 0.3) is 6.08 Å². The Labute approximate surface area is 173 Å². The van der Waals surface area contributed by atoms with Gasteiger partial charge in [-0.2, -0.15) is 0 Å². The molecule has 146 valence electrons. The lowest BCUT2D eigenvalue weighted by molar-refractivity contribution is -0.125. The first-order valence-corrected chi connectivity index (χ1v) is 10.0. The molecule has 1 aliphatic rings. The number of nitrogens with zero attached hydrogens (tertiary/aromatic N) is 2. The Morgan fingerprint density at radius 1 is 0.929 bits per heavy atom. The minimum Gasteiger partial charge on any atom is -0.497 e. The largest absolute Gasteiger partial charge is 0.497 e. The van der Waals surface area contributed by atoms with Crippen LogP contribution in [0.3, 0.4) is 0 Å². The highest BCUT2D eigenvalue weighted by Crippen LogP contribution is 2.15. The topological polar surface area (TPSA) is 49.9 Å². The molecule has 0 atom stereocenters. The van der Waals surface area contributed by atoms with Gasteiger partial charge in [0.2, 0.25) is 5.91 Å². The molecule has 1 aliphatic heterocycles. The Morgan fingerprint density at radius 3 is 2.25 bits per heavy atom. The molecule has 3 rings (SSSR count). The van der Waals surface area contributed by atoms with Crippen LogP contribution in [-0.4, -0.2) is 54.9 Å². The predicted molar refractivity (Wildman–Crippen MR) is 113 cm³/mol. The van der Waals surface area contributed by atoms with Crippen LogP contribution in [0.1, 0.15) is 22.3 Å². The van der Waals surface area contributed by atoms with E-state index in [0.29, 0.717) is 31.7 Å². The van der Waals surface area contributed by atoms with Crippen LogP contribution in [0, 0.1) is 0 Å². The lowest BCUT2D eigenvalue weighted by Crippen LogP contribution is -2.36. The van der Waals surface area contributed by atoms with Crippen molar-refractivity contribution in [3.8, 4) is 5.75 Å². The Hall–Kier alpha value is -2.60. The molecule has 5 nitrogen and oxygen atoms in total. The van der Waals surface area contributed by atoms with Crippen LogP contribution in [0.5, 0.6) is 5.75 Å². The first kappa shape index (κ1) is 20.1. The van der Waals surface area contributed by atoms with Crippen molar-refractivity contribution in [2.75, 3.05) is 33.3 Å². The summed E-state index contributed by atoms with van der Waals surface area (Å²) in [7, 11) is 1.60. The van der Waals surface area contributed by atoms with E-state index < -0.39 is 0 Å². The average molecular weight is 443 g/mol. The summed E-state index contributed by atoms with van der Waals surface area (Å²) in [5, 5.41) is 0. The molecule has 0 bridgehead atoms. The summed E-state index contributed by atoms with van der Waals surface area (Å²) in [5.74, 6) is 0.686. The molecule has 2 aromatic carbocycles. The number of carbonyl (C=O) groups is 2. The predicted octanol–water partition coefficient (Wildman–Crippen LogP) is 3.85. The molecule has 2 amide bonds. The zero-order valence-electron chi connectivity index (χ0n) is 15.8. The van der Waals surface area contributed by atoms with Gasteiger partial charge in [0.05, 0.1) is 7.11 Å². The standard InChI is InChI=1S/C22H23BrN2O3/c1-28-20-10-6-18(7-11-20)22(27)25-14-2-13-24(15-16-25)21(26)12-5-17-3-8-19(23)9-4-17/h3-12H,2,13-16H2,1H3/b12-5+. The summed E-state index contributed by atoms with van der Waals surface area (Å²) in [4.78, 5) is 28.9. The smallest absolute Gasteiger partial charge is 0.253 e. The lowest BCUT2D eigenvalue weighted by Gasteiger charge is -2.21. The maximum atomic E-state index is 12.7. The van der Waals surface area contributed by atoms with Gasteiger partial charge >= 0.3 is 0 Å². The van der Waals surface area contributed by atoms with E-state index in [1.165, 1.54) is 0 Å². The van der Waals surface area contributed by atoms with Crippen molar-refractivity contribution in [2.45, 2.75) is 6.42 Å². The third-order valence-corrected chi connectivity index (χ3v) is 5.25. The van der Waals surface area contributed by atoms with E-state index in [1.54, 1.807) is 42.4 Å². The van der Waals surface area contributed by atoms with E-state index in [1.807, 2.05) is 35.2 Å². The number of amides is 2. The van der Waals surface area contributed by atoms with Crippen LogP contribution < -0.4 is 4.74 Å². The Kier molecular flexibility index (Phi) is 6.87. The normalized spacial score (nSPS) is 14.8. The molecule has 0 radical (unpaired) electrons. The number of methoxy groups -OCH3 is 1. The number of benzene rings is 2. The van der Waals surface area contributed by atoms with Gasteiger partial charge in [-0.15, -0.1) is 0 Å². The molecule has 0 N–H and O–H groups in total. The van der Waals surface area contributed by atoms with Crippen LogP contribution in [0.15, 0.2) is 59.1 Å². The molecule has 28 heavy (non-hydrogen) atoms. The molecular formula is C22H23BrN2O3. The van der Waals surface area contributed by atoms with Crippen molar-refractivity contribution in [3.05, 3.63) is 70.2 Å². The van der Waals surface area contributed by atoms with Crippen molar-refractivity contribution in [2.24, 2.45) is 0 Å². The zero-order chi connectivity index (χ0) is 19.9. The zero-order valence-corrected chi connectivity index (χ0v) is 17.4. The highest BCUT2D eigenvalue weighted by Gasteiger charge is 2.21. The van der Waals surface area contributed by atoms with Crippen LogP contribution >= 0.6 is 15.9 Å². The number of hydrogen-bond acceptors (Lipinski definition) is 3. The average Bonchev–Trinajstić information content (AvgIpc) is 2.99. The quantitative estimate of drug-likeness (QED) is 0.675. The molecule has 1 heterocycles. The highest BCUT2D eigenvalue weighted by molar-refractivity contribution is 9.10. The molecule has 2 aromatic rings. The second kappa shape index (κ2) is 9.55. The van der Waals surface area contributed by atoms with Crippen LogP contribution in [-0.2, 0) is 4.79 Å². The molecule has 0 unspecified atom stereocenters. The van der Waals surface area contributed by atoms with Gasteiger partial charge in [0.25, 0.3) is 5.91 Å². The van der Waals surface area contributed by atoms with E-state index in [2.05, 4.69) is 15.9 Å². The maximum Gasteiger partial charge on any atom is 0.253 e. The minimum absolute atomic E-state index is 0.0117. The second-order valence-corrected chi connectivity index (χ2v) is 7.50. The second-order valence-electron chi connectivity index (χ2n) is 6.58.